The second-order valence-electron chi connectivity index (χ2n) is 11.2. The molecule has 1 aromatic carbocycles. The zero-order valence-electron chi connectivity index (χ0n) is 23.4. The Kier molecular flexibility index (Phi) is 8.95. The fraction of sp³-hybridized carbons (Fsp3) is 0.552. The minimum atomic E-state index is -0.0459. The van der Waals surface area contributed by atoms with Crippen LogP contribution in [0.5, 0.6) is 0 Å². The van der Waals surface area contributed by atoms with Crippen molar-refractivity contribution in [1.29, 1.82) is 0 Å². The molecule has 0 atom stereocenters. The van der Waals surface area contributed by atoms with Gasteiger partial charge in [0.25, 0.3) is 5.91 Å². The van der Waals surface area contributed by atoms with Crippen molar-refractivity contribution >= 4 is 16.9 Å². The average Bonchev–Trinajstić information content (AvgIpc) is 3.31. The van der Waals surface area contributed by atoms with Gasteiger partial charge < -0.3 is 20.0 Å². The lowest BCUT2D eigenvalue weighted by Gasteiger charge is -2.28. The van der Waals surface area contributed by atoms with Crippen LogP contribution in [-0.4, -0.2) is 96.3 Å². The van der Waals surface area contributed by atoms with Gasteiger partial charge in [-0.05, 0) is 91.6 Å². The zero-order chi connectivity index (χ0) is 26.5. The number of nitrogens with zero attached hydrogens (tertiary/aromatic N) is 6. The first-order chi connectivity index (χ1) is 17.7. The third kappa shape index (κ3) is 6.94. The van der Waals surface area contributed by atoms with E-state index in [0.717, 1.165) is 67.9 Å². The Labute approximate surface area is 221 Å². The van der Waals surface area contributed by atoms with Crippen molar-refractivity contribution in [2.45, 2.75) is 39.3 Å². The molecule has 0 spiro atoms. The number of hydrogen-bond donors (Lipinski definition) is 1. The highest BCUT2D eigenvalue weighted by molar-refractivity contribution is 6.06. The molecule has 1 N–H and O–H groups in total. The molecule has 0 saturated carbocycles. The van der Waals surface area contributed by atoms with Crippen LogP contribution in [0.3, 0.4) is 0 Å². The van der Waals surface area contributed by atoms with Crippen LogP contribution in [-0.2, 0) is 6.54 Å². The first-order valence-corrected chi connectivity index (χ1v) is 13.5. The number of likely N-dealkylation sites (tertiary alicyclic amines) is 1. The predicted octanol–water partition coefficient (Wildman–Crippen LogP) is 3.74. The third-order valence-corrected chi connectivity index (χ3v) is 7.29. The Morgan fingerprint density at radius 3 is 2.59 bits per heavy atom. The first kappa shape index (κ1) is 27.2. The molecule has 200 valence electrons. The van der Waals surface area contributed by atoms with Crippen molar-refractivity contribution in [3.05, 3.63) is 47.7 Å². The average molecular weight is 506 g/mol. The molecule has 0 unspecified atom stereocenters. The number of amides is 1. The van der Waals surface area contributed by atoms with E-state index >= 15 is 0 Å². The summed E-state index contributed by atoms with van der Waals surface area (Å²) in [5, 5.41) is 8.60. The highest BCUT2D eigenvalue weighted by Crippen LogP contribution is 2.27. The number of benzene rings is 1. The van der Waals surface area contributed by atoms with Crippen LogP contribution in [0.15, 0.2) is 36.5 Å². The molecule has 0 bridgehead atoms. The van der Waals surface area contributed by atoms with Gasteiger partial charge in [0.2, 0.25) is 0 Å². The standard InChI is InChI=1S/C29H43N7O/c1-21(2)36-28-26(19-31-36)25(29(37)30-18-22-10-12-34(5)13-11-22)17-27(32-28)24-9-7-8-23(16-24)20-35(6)15-14-33(3)4/h7-9,16-17,19,21-22H,10-15,18,20H2,1-6H3,(H,30,37). The molecule has 8 heteroatoms. The lowest BCUT2D eigenvalue weighted by Crippen LogP contribution is -2.36. The van der Waals surface area contributed by atoms with Crippen LogP contribution in [0, 0.1) is 5.92 Å². The van der Waals surface area contributed by atoms with E-state index < -0.39 is 0 Å². The minimum Gasteiger partial charge on any atom is -0.352 e. The summed E-state index contributed by atoms with van der Waals surface area (Å²) in [4.78, 5) is 25.3. The highest BCUT2D eigenvalue weighted by atomic mass is 16.1. The summed E-state index contributed by atoms with van der Waals surface area (Å²) in [6.07, 6.45) is 4.02. The molecule has 37 heavy (non-hydrogen) atoms. The van der Waals surface area contributed by atoms with Crippen molar-refractivity contribution in [2.24, 2.45) is 5.92 Å². The Hall–Kier alpha value is -2.81. The fourth-order valence-electron chi connectivity index (χ4n) is 4.92. The molecule has 2 aromatic heterocycles. The summed E-state index contributed by atoms with van der Waals surface area (Å²) in [7, 11) is 8.50. The molecular formula is C29H43N7O. The van der Waals surface area contributed by atoms with E-state index in [2.05, 4.69) is 91.4 Å². The molecule has 4 rings (SSSR count). The molecular weight excluding hydrogens is 462 g/mol. The number of nitrogens with one attached hydrogen (secondary N) is 1. The molecule has 1 saturated heterocycles. The topological polar surface area (TPSA) is 69.5 Å². The fourth-order valence-corrected chi connectivity index (χ4v) is 4.92. The number of fused-ring (bicyclic) bond motifs is 1. The van der Waals surface area contributed by atoms with E-state index in [0.29, 0.717) is 18.0 Å². The second-order valence-corrected chi connectivity index (χ2v) is 11.2. The summed E-state index contributed by atoms with van der Waals surface area (Å²) >= 11 is 0. The summed E-state index contributed by atoms with van der Waals surface area (Å²) in [5.74, 6) is 0.479. The highest BCUT2D eigenvalue weighted by Gasteiger charge is 2.21. The number of hydrogen-bond acceptors (Lipinski definition) is 6. The summed E-state index contributed by atoms with van der Waals surface area (Å²) in [5.41, 5.74) is 4.45. The molecule has 3 heterocycles. The van der Waals surface area contributed by atoms with Gasteiger partial charge in [0.1, 0.15) is 0 Å². The molecule has 0 aliphatic carbocycles. The van der Waals surface area contributed by atoms with Crippen LogP contribution in [0.25, 0.3) is 22.3 Å². The SMILES string of the molecule is CC(C)n1ncc2c(C(=O)NCC3CCN(C)CC3)cc(-c3cccc(CN(C)CCN(C)C)c3)nc21. The summed E-state index contributed by atoms with van der Waals surface area (Å²) in [6.45, 7) is 9.94. The van der Waals surface area contributed by atoms with Crippen LogP contribution in [0.4, 0.5) is 0 Å². The van der Waals surface area contributed by atoms with E-state index in [4.69, 9.17) is 4.98 Å². The smallest absolute Gasteiger partial charge is 0.252 e. The van der Waals surface area contributed by atoms with Gasteiger partial charge in [-0.3, -0.25) is 4.79 Å². The molecule has 1 amide bonds. The Bertz CT molecular complexity index is 1190. The minimum absolute atomic E-state index is 0.0459. The molecule has 1 fully saturated rings. The number of pyridine rings is 1. The number of likely N-dealkylation sites (N-methyl/N-ethyl adjacent to an activating group) is 2. The van der Waals surface area contributed by atoms with E-state index in [1.54, 1.807) is 6.20 Å². The van der Waals surface area contributed by atoms with Crippen molar-refractivity contribution < 1.29 is 4.79 Å². The number of carbonyl (C=O) groups excluding carboxylic acids is 1. The second kappa shape index (κ2) is 12.2. The van der Waals surface area contributed by atoms with E-state index in [-0.39, 0.29) is 11.9 Å². The molecule has 3 aromatic rings. The largest absolute Gasteiger partial charge is 0.352 e. The summed E-state index contributed by atoms with van der Waals surface area (Å²) in [6, 6.07) is 10.6. The summed E-state index contributed by atoms with van der Waals surface area (Å²) < 4.78 is 1.91. The Morgan fingerprint density at radius 2 is 1.89 bits per heavy atom. The van der Waals surface area contributed by atoms with Crippen molar-refractivity contribution in [2.75, 3.05) is 60.9 Å². The Balaban J connectivity index is 1.61. The van der Waals surface area contributed by atoms with E-state index in [1.807, 2.05) is 10.7 Å². The quantitative estimate of drug-likeness (QED) is 0.453. The van der Waals surface area contributed by atoms with Crippen molar-refractivity contribution in [3.63, 3.8) is 0 Å². The van der Waals surface area contributed by atoms with Gasteiger partial charge in [-0.1, -0.05) is 18.2 Å². The van der Waals surface area contributed by atoms with Crippen LogP contribution in [0.2, 0.25) is 0 Å². The number of rotatable bonds is 10. The molecule has 8 nitrogen and oxygen atoms in total. The van der Waals surface area contributed by atoms with Gasteiger partial charge in [0.05, 0.1) is 22.8 Å². The lowest BCUT2D eigenvalue weighted by molar-refractivity contribution is 0.0940. The van der Waals surface area contributed by atoms with Crippen LogP contribution < -0.4 is 5.32 Å². The lowest BCUT2D eigenvalue weighted by atomic mass is 9.97. The van der Waals surface area contributed by atoms with Gasteiger partial charge in [0, 0.05) is 37.8 Å². The number of carbonyl (C=O) groups is 1. The van der Waals surface area contributed by atoms with Gasteiger partial charge >= 0.3 is 0 Å². The van der Waals surface area contributed by atoms with Gasteiger partial charge in [0.15, 0.2) is 5.65 Å². The van der Waals surface area contributed by atoms with Gasteiger partial charge in [-0.2, -0.15) is 5.10 Å². The molecule has 1 aliphatic heterocycles. The number of piperidine rings is 1. The predicted molar refractivity (Wildman–Crippen MR) is 151 cm³/mol. The van der Waals surface area contributed by atoms with Crippen molar-refractivity contribution in [3.8, 4) is 11.3 Å². The van der Waals surface area contributed by atoms with Gasteiger partial charge in [-0.25, -0.2) is 9.67 Å². The number of aromatic nitrogens is 3. The Morgan fingerprint density at radius 1 is 1.14 bits per heavy atom. The monoisotopic (exact) mass is 505 g/mol. The van der Waals surface area contributed by atoms with E-state index in [1.165, 1.54) is 5.56 Å². The maximum absolute atomic E-state index is 13.5. The van der Waals surface area contributed by atoms with E-state index in [9.17, 15) is 4.79 Å². The zero-order valence-corrected chi connectivity index (χ0v) is 23.4. The molecule has 1 aliphatic rings. The maximum atomic E-state index is 13.5. The normalized spacial score (nSPS) is 15.4. The molecule has 0 radical (unpaired) electrons. The third-order valence-electron chi connectivity index (χ3n) is 7.29. The van der Waals surface area contributed by atoms with Gasteiger partial charge in [-0.15, -0.1) is 0 Å². The van der Waals surface area contributed by atoms with Crippen LogP contribution >= 0.6 is 0 Å². The maximum Gasteiger partial charge on any atom is 0.252 e. The van der Waals surface area contributed by atoms with Crippen LogP contribution in [0.1, 0.15) is 48.7 Å². The van der Waals surface area contributed by atoms with Crippen molar-refractivity contribution in [1.82, 2.24) is 34.8 Å². The first-order valence-electron chi connectivity index (χ1n) is 13.5.